The summed E-state index contributed by atoms with van der Waals surface area (Å²) in [6.45, 7) is 4.10. The van der Waals surface area contributed by atoms with E-state index in [1.165, 1.54) is 5.56 Å². The lowest BCUT2D eigenvalue weighted by Gasteiger charge is -2.00. The Bertz CT molecular complexity index is 210. The Morgan fingerprint density at radius 2 is 1.83 bits per heavy atom. The fourth-order valence-electron chi connectivity index (χ4n) is 0.872. The molecule has 1 rings (SSSR count). The Morgan fingerprint density at radius 3 is 2.33 bits per heavy atom. The molecule has 0 saturated carbocycles. The van der Waals surface area contributed by atoms with Gasteiger partial charge in [0, 0.05) is 11.0 Å². The van der Waals surface area contributed by atoms with Gasteiger partial charge in [0.15, 0.2) is 0 Å². The maximum Gasteiger partial charge on any atom is 0.0205 e. The van der Waals surface area contributed by atoms with Crippen LogP contribution in [0.15, 0.2) is 28.7 Å². The quantitative estimate of drug-likeness (QED) is 0.870. The molecule has 0 aliphatic rings. The molecule has 0 aromatic heterocycles. The van der Waals surface area contributed by atoms with E-state index in [-0.39, 0.29) is 12.4 Å². The summed E-state index contributed by atoms with van der Waals surface area (Å²) in [5.74, 6) is 0. The van der Waals surface area contributed by atoms with E-state index in [2.05, 4.69) is 52.4 Å². The van der Waals surface area contributed by atoms with Crippen molar-refractivity contribution < 1.29 is 0 Å². The fraction of sp³-hybridized carbons (Fsp3) is 0.333. The third kappa shape index (κ3) is 4.10. The largest absolute Gasteiger partial charge is 0.313 e. The van der Waals surface area contributed by atoms with E-state index in [4.69, 9.17) is 0 Å². The zero-order valence-corrected chi connectivity index (χ0v) is 9.41. The first kappa shape index (κ1) is 11.9. The number of hydrogen-bond acceptors (Lipinski definition) is 1. The Labute approximate surface area is 88.1 Å². The van der Waals surface area contributed by atoms with Gasteiger partial charge in [-0.15, -0.1) is 12.4 Å². The van der Waals surface area contributed by atoms with Gasteiger partial charge in [-0.1, -0.05) is 35.0 Å². The molecule has 0 unspecified atom stereocenters. The average molecular weight is 251 g/mol. The van der Waals surface area contributed by atoms with Crippen LogP contribution >= 0.6 is 28.3 Å². The van der Waals surface area contributed by atoms with E-state index in [0.717, 1.165) is 17.6 Å². The second-order valence-corrected chi connectivity index (χ2v) is 3.32. The molecular formula is C9H13BrClN. The van der Waals surface area contributed by atoms with Crippen LogP contribution < -0.4 is 5.32 Å². The molecule has 68 valence electrons. The van der Waals surface area contributed by atoms with Crippen molar-refractivity contribution >= 4 is 28.3 Å². The highest BCUT2D eigenvalue weighted by Crippen LogP contribution is 2.09. The predicted octanol–water partition coefficient (Wildman–Crippen LogP) is 2.98. The van der Waals surface area contributed by atoms with Crippen molar-refractivity contribution in [1.82, 2.24) is 5.32 Å². The van der Waals surface area contributed by atoms with Gasteiger partial charge in [-0.3, -0.25) is 0 Å². The highest BCUT2D eigenvalue weighted by atomic mass is 79.9. The number of hydrogen-bond donors (Lipinski definition) is 1. The van der Waals surface area contributed by atoms with Gasteiger partial charge in [0.25, 0.3) is 0 Å². The van der Waals surface area contributed by atoms with Crippen molar-refractivity contribution in [3.8, 4) is 0 Å². The summed E-state index contributed by atoms with van der Waals surface area (Å²) in [6, 6.07) is 8.36. The lowest BCUT2D eigenvalue weighted by atomic mass is 10.2. The first-order chi connectivity index (χ1) is 5.33. The Morgan fingerprint density at radius 1 is 1.25 bits per heavy atom. The normalized spacial score (nSPS) is 9.17. The second-order valence-electron chi connectivity index (χ2n) is 2.41. The molecule has 1 N–H and O–H groups in total. The first-order valence-electron chi connectivity index (χ1n) is 3.78. The molecule has 0 atom stereocenters. The predicted molar refractivity (Wildman–Crippen MR) is 58.8 cm³/mol. The molecular weight excluding hydrogens is 237 g/mol. The van der Waals surface area contributed by atoms with Gasteiger partial charge in [-0.05, 0) is 24.2 Å². The topological polar surface area (TPSA) is 12.0 Å². The maximum absolute atomic E-state index is 3.39. The van der Waals surface area contributed by atoms with Crippen LogP contribution in [0, 0.1) is 0 Å². The molecule has 1 nitrogen and oxygen atoms in total. The van der Waals surface area contributed by atoms with Gasteiger partial charge in [0.1, 0.15) is 0 Å². The smallest absolute Gasteiger partial charge is 0.0205 e. The lowest BCUT2D eigenvalue weighted by molar-refractivity contribution is 0.727. The van der Waals surface area contributed by atoms with E-state index >= 15 is 0 Å². The third-order valence-corrected chi connectivity index (χ3v) is 2.02. The summed E-state index contributed by atoms with van der Waals surface area (Å²) >= 11 is 3.39. The van der Waals surface area contributed by atoms with Crippen LogP contribution in [0.25, 0.3) is 0 Å². The van der Waals surface area contributed by atoms with Crippen LogP contribution in [0.5, 0.6) is 0 Å². The zero-order valence-electron chi connectivity index (χ0n) is 7.01. The van der Waals surface area contributed by atoms with E-state index in [1.807, 2.05) is 0 Å². The van der Waals surface area contributed by atoms with Crippen molar-refractivity contribution in [3.05, 3.63) is 34.3 Å². The molecule has 0 bridgehead atoms. The third-order valence-electron chi connectivity index (χ3n) is 1.49. The van der Waals surface area contributed by atoms with E-state index in [1.54, 1.807) is 0 Å². The molecule has 0 spiro atoms. The number of rotatable bonds is 3. The van der Waals surface area contributed by atoms with E-state index in [0.29, 0.717) is 0 Å². The van der Waals surface area contributed by atoms with Gasteiger partial charge in [-0.25, -0.2) is 0 Å². The van der Waals surface area contributed by atoms with Crippen LogP contribution in [0.4, 0.5) is 0 Å². The van der Waals surface area contributed by atoms with Crippen molar-refractivity contribution in [2.24, 2.45) is 0 Å². The molecule has 0 amide bonds. The number of nitrogens with one attached hydrogen (secondary N) is 1. The molecule has 12 heavy (non-hydrogen) atoms. The van der Waals surface area contributed by atoms with Crippen LogP contribution in [0.3, 0.4) is 0 Å². The van der Waals surface area contributed by atoms with Crippen molar-refractivity contribution in [3.63, 3.8) is 0 Å². The molecule has 0 aliphatic heterocycles. The molecule has 0 radical (unpaired) electrons. The van der Waals surface area contributed by atoms with Crippen molar-refractivity contribution in [2.75, 3.05) is 6.54 Å². The summed E-state index contributed by atoms with van der Waals surface area (Å²) in [5, 5.41) is 3.27. The monoisotopic (exact) mass is 249 g/mol. The molecule has 0 saturated heterocycles. The molecule has 0 heterocycles. The second kappa shape index (κ2) is 6.46. The van der Waals surface area contributed by atoms with Gasteiger partial charge >= 0.3 is 0 Å². The van der Waals surface area contributed by atoms with Crippen LogP contribution in [0.2, 0.25) is 0 Å². The molecule has 3 heteroatoms. The summed E-state index contributed by atoms with van der Waals surface area (Å²) in [6.07, 6.45) is 0. The Hall–Kier alpha value is -0.0500. The van der Waals surface area contributed by atoms with Gasteiger partial charge in [-0.2, -0.15) is 0 Å². The minimum atomic E-state index is 0. The average Bonchev–Trinajstić information content (AvgIpc) is 2.04. The SMILES string of the molecule is CCNCc1ccc(Br)cc1.Cl. The van der Waals surface area contributed by atoms with Crippen LogP contribution in [0.1, 0.15) is 12.5 Å². The molecule has 1 aromatic carbocycles. The standard InChI is InChI=1S/C9H12BrN.ClH/c1-2-11-7-8-3-5-9(10)6-4-8;/h3-6,11H,2,7H2,1H3;1H. The highest BCUT2D eigenvalue weighted by molar-refractivity contribution is 9.10. The van der Waals surface area contributed by atoms with Crippen molar-refractivity contribution in [1.29, 1.82) is 0 Å². The molecule has 0 aliphatic carbocycles. The maximum atomic E-state index is 3.39. The number of halogens is 2. The van der Waals surface area contributed by atoms with Crippen LogP contribution in [-0.4, -0.2) is 6.54 Å². The summed E-state index contributed by atoms with van der Waals surface area (Å²) in [4.78, 5) is 0. The Balaban J connectivity index is 0.00000121. The fourth-order valence-corrected chi connectivity index (χ4v) is 1.14. The summed E-state index contributed by atoms with van der Waals surface area (Å²) in [5.41, 5.74) is 1.33. The number of benzene rings is 1. The minimum Gasteiger partial charge on any atom is -0.313 e. The van der Waals surface area contributed by atoms with Crippen molar-refractivity contribution in [2.45, 2.75) is 13.5 Å². The lowest BCUT2D eigenvalue weighted by Crippen LogP contribution is -2.11. The minimum absolute atomic E-state index is 0. The van der Waals surface area contributed by atoms with E-state index < -0.39 is 0 Å². The van der Waals surface area contributed by atoms with Gasteiger partial charge in [0.05, 0.1) is 0 Å². The van der Waals surface area contributed by atoms with Gasteiger partial charge < -0.3 is 5.32 Å². The summed E-state index contributed by atoms with van der Waals surface area (Å²) in [7, 11) is 0. The van der Waals surface area contributed by atoms with Gasteiger partial charge in [0.2, 0.25) is 0 Å². The first-order valence-corrected chi connectivity index (χ1v) is 4.57. The highest BCUT2D eigenvalue weighted by Gasteiger charge is 1.89. The Kier molecular flexibility index (Phi) is 6.44. The zero-order chi connectivity index (χ0) is 8.10. The molecule has 1 aromatic rings. The molecule has 0 fully saturated rings. The summed E-state index contributed by atoms with van der Waals surface area (Å²) < 4.78 is 1.14. The van der Waals surface area contributed by atoms with E-state index in [9.17, 15) is 0 Å². The van der Waals surface area contributed by atoms with Crippen LogP contribution in [-0.2, 0) is 6.54 Å².